The average molecular weight is 397 g/mol. The molecule has 0 aliphatic rings. The van der Waals surface area contributed by atoms with E-state index in [1.807, 2.05) is 25.1 Å². The second-order valence-corrected chi connectivity index (χ2v) is 6.45. The SMILES string of the molecule is CN(C)CCNc1nc(Nc2ccc(F)cc2[N+](=O)[O-])cc(-c2ccccn2)n1. The first kappa shape index (κ1) is 20.1. The summed E-state index contributed by atoms with van der Waals surface area (Å²) in [7, 11) is 3.90. The molecule has 29 heavy (non-hydrogen) atoms. The van der Waals surface area contributed by atoms with Crippen molar-refractivity contribution >= 4 is 23.1 Å². The highest BCUT2D eigenvalue weighted by Crippen LogP contribution is 2.29. The summed E-state index contributed by atoms with van der Waals surface area (Å²) in [4.78, 5) is 25.8. The Balaban J connectivity index is 1.96. The Morgan fingerprint density at radius 3 is 2.66 bits per heavy atom. The van der Waals surface area contributed by atoms with E-state index in [-0.39, 0.29) is 11.4 Å². The molecule has 0 amide bonds. The number of nitro groups is 1. The van der Waals surface area contributed by atoms with E-state index in [1.54, 1.807) is 24.4 Å². The largest absolute Gasteiger partial charge is 0.353 e. The van der Waals surface area contributed by atoms with Crippen LogP contribution in [-0.4, -0.2) is 52.0 Å². The zero-order valence-corrected chi connectivity index (χ0v) is 16.0. The molecular weight excluding hydrogens is 377 g/mol. The highest BCUT2D eigenvalue weighted by molar-refractivity contribution is 5.70. The van der Waals surface area contributed by atoms with Gasteiger partial charge in [-0.05, 0) is 38.4 Å². The van der Waals surface area contributed by atoms with Crippen molar-refractivity contribution in [2.24, 2.45) is 0 Å². The highest BCUT2D eigenvalue weighted by atomic mass is 19.1. The van der Waals surface area contributed by atoms with Crippen LogP contribution in [0.3, 0.4) is 0 Å². The Morgan fingerprint density at radius 1 is 1.14 bits per heavy atom. The zero-order chi connectivity index (χ0) is 20.8. The highest BCUT2D eigenvalue weighted by Gasteiger charge is 2.16. The number of nitrogens with zero attached hydrogens (tertiary/aromatic N) is 5. The lowest BCUT2D eigenvalue weighted by molar-refractivity contribution is -0.384. The standard InChI is InChI=1S/C19H20FN7O2/c1-26(2)10-9-22-19-24-16(14-5-3-4-8-21-14)12-18(25-19)23-15-7-6-13(20)11-17(15)27(28)29/h3-8,11-12H,9-10H2,1-2H3,(H2,22,23,24,25). The molecule has 2 aromatic heterocycles. The van der Waals surface area contributed by atoms with E-state index >= 15 is 0 Å². The first-order valence-electron chi connectivity index (χ1n) is 8.82. The minimum Gasteiger partial charge on any atom is -0.353 e. The maximum atomic E-state index is 13.4. The van der Waals surface area contributed by atoms with Gasteiger partial charge in [0.25, 0.3) is 5.69 Å². The zero-order valence-electron chi connectivity index (χ0n) is 16.0. The fourth-order valence-corrected chi connectivity index (χ4v) is 2.53. The number of nitro benzene ring substituents is 1. The summed E-state index contributed by atoms with van der Waals surface area (Å²) in [6.45, 7) is 1.37. The summed E-state index contributed by atoms with van der Waals surface area (Å²) >= 11 is 0. The van der Waals surface area contributed by atoms with Gasteiger partial charge in [0.2, 0.25) is 5.95 Å². The van der Waals surface area contributed by atoms with Gasteiger partial charge in [-0.2, -0.15) is 4.98 Å². The van der Waals surface area contributed by atoms with Gasteiger partial charge in [0.15, 0.2) is 0 Å². The van der Waals surface area contributed by atoms with E-state index in [0.717, 1.165) is 18.7 Å². The molecule has 150 valence electrons. The third-order valence-electron chi connectivity index (χ3n) is 3.91. The normalized spacial score (nSPS) is 10.8. The topological polar surface area (TPSA) is 109 Å². The van der Waals surface area contributed by atoms with Gasteiger partial charge in [0, 0.05) is 25.4 Å². The summed E-state index contributed by atoms with van der Waals surface area (Å²) in [5.74, 6) is -0.0184. The molecule has 9 nitrogen and oxygen atoms in total. The number of rotatable bonds is 8. The van der Waals surface area contributed by atoms with Gasteiger partial charge in [-0.1, -0.05) is 6.07 Å². The van der Waals surface area contributed by atoms with E-state index in [0.29, 0.717) is 29.7 Å². The molecule has 0 radical (unpaired) electrons. The second kappa shape index (κ2) is 9.02. The number of benzene rings is 1. The minimum absolute atomic E-state index is 0.126. The van der Waals surface area contributed by atoms with Gasteiger partial charge in [0.05, 0.1) is 22.4 Å². The summed E-state index contributed by atoms with van der Waals surface area (Å²) in [5.41, 5.74) is 0.911. The van der Waals surface area contributed by atoms with Gasteiger partial charge in [-0.25, -0.2) is 9.37 Å². The molecule has 0 saturated carbocycles. The van der Waals surface area contributed by atoms with Gasteiger partial charge in [0.1, 0.15) is 17.3 Å². The van der Waals surface area contributed by atoms with Crippen LogP contribution >= 0.6 is 0 Å². The number of anilines is 3. The van der Waals surface area contributed by atoms with E-state index in [2.05, 4.69) is 25.6 Å². The van der Waals surface area contributed by atoms with Crippen LogP contribution in [0.5, 0.6) is 0 Å². The van der Waals surface area contributed by atoms with Crippen LogP contribution < -0.4 is 10.6 Å². The van der Waals surface area contributed by atoms with Crippen molar-refractivity contribution < 1.29 is 9.31 Å². The number of likely N-dealkylation sites (N-methyl/N-ethyl adjacent to an activating group) is 1. The third-order valence-corrected chi connectivity index (χ3v) is 3.91. The molecule has 10 heteroatoms. The van der Waals surface area contributed by atoms with Gasteiger partial charge in [-0.3, -0.25) is 15.1 Å². The lowest BCUT2D eigenvalue weighted by Gasteiger charge is -2.13. The van der Waals surface area contributed by atoms with Crippen LogP contribution in [0.1, 0.15) is 0 Å². The maximum absolute atomic E-state index is 13.4. The van der Waals surface area contributed by atoms with Crippen molar-refractivity contribution in [3.05, 3.63) is 64.6 Å². The number of halogens is 1. The van der Waals surface area contributed by atoms with Crippen molar-refractivity contribution in [2.75, 3.05) is 37.8 Å². The van der Waals surface area contributed by atoms with Crippen LogP contribution in [0.25, 0.3) is 11.4 Å². The van der Waals surface area contributed by atoms with Gasteiger partial charge >= 0.3 is 0 Å². The maximum Gasteiger partial charge on any atom is 0.295 e. The van der Waals surface area contributed by atoms with E-state index < -0.39 is 10.7 Å². The van der Waals surface area contributed by atoms with Crippen molar-refractivity contribution in [3.8, 4) is 11.4 Å². The summed E-state index contributed by atoms with van der Waals surface area (Å²) in [6.07, 6.45) is 1.65. The predicted molar refractivity (Wildman–Crippen MR) is 109 cm³/mol. The molecule has 0 aliphatic heterocycles. The molecule has 1 aromatic carbocycles. The van der Waals surface area contributed by atoms with Crippen LogP contribution in [0, 0.1) is 15.9 Å². The second-order valence-electron chi connectivity index (χ2n) is 6.45. The van der Waals surface area contributed by atoms with Crippen LogP contribution in [0.2, 0.25) is 0 Å². The monoisotopic (exact) mass is 397 g/mol. The molecule has 0 bridgehead atoms. The predicted octanol–water partition coefficient (Wildman–Crippen LogP) is 3.30. The molecule has 2 N–H and O–H groups in total. The smallest absolute Gasteiger partial charge is 0.295 e. The lowest BCUT2D eigenvalue weighted by Crippen LogP contribution is -2.21. The van der Waals surface area contributed by atoms with E-state index in [9.17, 15) is 14.5 Å². The summed E-state index contributed by atoms with van der Waals surface area (Å²) in [5, 5.41) is 17.3. The Morgan fingerprint density at radius 2 is 1.97 bits per heavy atom. The van der Waals surface area contributed by atoms with Crippen molar-refractivity contribution in [3.63, 3.8) is 0 Å². The van der Waals surface area contributed by atoms with Gasteiger partial charge < -0.3 is 15.5 Å². The van der Waals surface area contributed by atoms with Crippen molar-refractivity contribution in [2.45, 2.75) is 0 Å². The first-order chi connectivity index (χ1) is 13.9. The Kier molecular flexibility index (Phi) is 6.25. The minimum atomic E-state index is -0.690. The molecule has 0 saturated heterocycles. The summed E-state index contributed by atoms with van der Waals surface area (Å²) in [6, 6.07) is 10.4. The van der Waals surface area contributed by atoms with Crippen LogP contribution in [0.4, 0.5) is 27.5 Å². The van der Waals surface area contributed by atoms with E-state index in [4.69, 9.17) is 0 Å². The fourth-order valence-electron chi connectivity index (χ4n) is 2.53. The number of nitrogens with one attached hydrogen (secondary N) is 2. The van der Waals surface area contributed by atoms with Crippen molar-refractivity contribution in [1.82, 2.24) is 19.9 Å². The lowest BCUT2D eigenvalue weighted by atomic mass is 10.2. The number of pyridine rings is 1. The quantitative estimate of drug-likeness (QED) is 0.440. The molecule has 0 fully saturated rings. The Bertz CT molecular complexity index is 999. The average Bonchev–Trinajstić information content (AvgIpc) is 2.69. The molecule has 3 rings (SSSR count). The molecule has 2 heterocycles. The number of hydrogen-bond donors (Lipinski definition) is 2. The van der Waals surface area contributed by atoms with Crippen LogP contribution in [-0.2, 0) is 0 Å². The molecule has 0 spiro atoms. The molecule has 0 aliphatic carbocycles. The Labute approximate surface area is 166 Å². The Hall–Kier alpha value is -3.66. The molecule has 0 atom stereocenters. The van der Waals surface area contributed by atoms with Gasteiger partial charge in [-0.15, -0.1) is 0 Å². The molecular formula is C19H20FN7O2. The summed E-state index contributed by atoms with van der Waals surface area (Å²) < 4.78 is 13.4. The number of aromatic nitrogens is 3. The van der Waals surface area contributed by atoms with Crippen molar-refractivity contribution in [1.29, 1.82) is 0 Å². The molecule has 3 aromatic rings. The molecule has 0 unspecified atom stereocenters. The third kappa shape index (κ3) is 5.42. The fraction of sp³-hybridized carbons (Fsp3) is 0.211. The van der Waals surface area contributed by atoms with E-state index in [1.165, 1.54) is 6.07 Å². The first-order valence-corrected chi connectivity index (χ1v) is 8.82. The number of hydrogen-bond acceptors (Lipinski definition) is 8. The van der Waals surface area contributed by atoms with Crippen LogP contribution in [0.15, 0.2) is 48.7 Å².